The van der Waals surface area contributed by atoms with Crippen molar-refractivity contribution in [3.63, 3.8) is 0 Å². The first-order chi connectivity index (χ1) is 10.5. The van der Waals surface area contributed by atoms with Gasteiger partial charge < -0.3 is 10.2 Å². The van der Waals surface area contributed by atoms with E-state index in [1.54, 1.807) is 11.9 Å². The minimum atomic E-state index is -0.844. The van der Waals surface area contributed by atoms with Gasteiger partial charge in [0.2, 0.25) is 0 Å². The van der Waals surface area contributed by atoms with Crippen LogP contribution in [0, 0.1) is 15.9 Å². The number of nitro groups is 1. The number of benzene rings is 1. The lowest BCUT2D eigenvalue weighted by molar-refractivity contribution is -0.385. The van der Waals surface area contributed by atoms with E-state index in [9.17, 15) is 19.3 Å². The Balaban J connectivity index is 1.77. The van der Waals surface area contributed by atoms with Gasteiger partial charge in [-0.3, -0.25) is 14.9 Å². The van der Waals surface area contributed by atoms with Crippen molar-refractivity contribution in [1.29, 1.82) is 0 Å². The summed E-state index contributed by atoms with van der Waals surface area (Å²) in [4.78, 5) is 24.0. The molecule has 118 valence electrons. The summed E-state index contributed by atoms with van der Waals surface area (Å²) in [5, 5.41) is 14.1. The molecule has 0 saturated carbocycles. The molecular weight excluding hydrogens is 289 g/mol. The fourth-order valence-electron chi connectivity index (χ4n) is 3.49. The lowest BCUT2D eigenvalue weighted by Crippen LogP contribution is -2.48. The smallest absolute Gasteiger partial charge is 0.272 e. The molecule has 1 aromatic rings. The zero-order chi connectivity index (χ0) is 15.9. The van der Waals surface area contributed by atoms with Crippen LogP contribution in [0.4, 0.5) is 10.1 Å². The van der Waals surface area contributed by atoms with Gasteiger partial charge in [0, 0.05) is 31.2 Å². The summed E-state index contributed by atoms with van der Waals surface area (Å²) < 4.78 is 14.0. The number of halogens is 1. The van der Waals surface area contributed by atoms with Crippen LogP contribution < -0.4 is 5.32 Å². The molecule has 0 radical (unpaired) electrons. The lowest BCUT2D eigenvalue weighted by Gasteiger charge is -2.35. The number of hydrogen-bond donors (Lipinski definition) is 1. The van der Waals surface area contributed by atoms with Crippen molar-refractivity contribution in [1.82, 2.24) is 10.2 Å². The van der Waals surface area contributed by atoms with Crippen LogP contribution in [0.5, 0.6) is 0 Å². The molecule has 22 heavy (non-hydrogen) atoms. The molecule has 2 atom stereocenters. The van der Waals surface area contributed by atoms with E-state index >= 15 is 0 Å². The molecule has 2 fully saturated rings. The maximum Gasteiger partial charge on any atom is 0.272 e. The standard InChI is InChI=1S/C15H18FN3O3/c1-18(12-6-9-2-3-10(7-12)17-9)15(20)13-5-4-11(19(21)22)8-14(13)16/h4-5,8-10,12,17H,2-3,6-7H2,1H3. The quantitative estimate of drug-likeness (QED) is 0.685. The van der Waals surface area contributed by atoms with Gasteiger partial charge in [-0.15, -0.1) is 0 Å². The Morgan fingerprint density at radius 3 is 2.55 bits per heavy atom. The summed E-state index contributed by atoms with van der Waals surface area (Å²) in [5.41, 5.74) is -0.462. The monoisotopic (exact) mass is 307 g/mol. The molecule has 6 nitrogen and oxygen atoms in total. The highest BCUT2D eigenvalue weighted by Gasteiger charge is 2.37. The van der Waals surface area contributed by atoms with Gasteiger partial charge in [0.05, 0.1) is 16.6 Å². The van der Waals surface area contributed by atoms with Crippen LogP contribution in [0.15, 0.2) is 18.2 Å². The Morgan fingerprint density at radius 1 is 1.36 bits per heavy atom. The van der Waals surface area contributed by atoms with Crippen LogP contribution in [0.25, 0.3) is 0 Å². The molecule has 1 aromatic carbocycles. The molecule has 0 aliphatic carbocycles. The first-order valence-corrected chi connectivity index (χ1v) is 7.43. The number of carbonyl (C=O) groups excluding carboxylic acids is 1. The zero-order valence-electron chi connectivity index (χ0n) is 12.3. The molecule has 0 spiro atoms. The van der Waals surface area contributed by atoms with Crippen molar-refractivity contribution in [3.05, 3.63) is 39.7 Å². The number of rotatable bonds is 3. The van der Waals surface area contributed by atoms with Crippen molar-refractivity contribution >= 4 is 11.6 Å². The third-order valence-corrected chi connectivity index (χ3v) is 4.71. The Hall–Kier alpha value is -2.02. The molecule has 2 unspecified atom stereocenters. The molecule has 2 aliphatic rings. The highest BCUT2D eigenvalue weighted by molar-refractivity contribution is 5.94. The van der Waals surface area contributed by atoms with Crippen molar-refractivity contribution < 1.29 is 14.1 Å². The number of non-ortho nitro benzene ring substituents is 1. The summed E-state index contributed by atoms with van der Waals surface area (Å²) in [6.45, 7) is 0. The van der Waals surface area contributed by atoms with Gasteiger partial charge in [0.15, 0.2) is 0 Å². The number of piperidine rings is 1. The Kier molecular flexibility index (Phi) is 3.82. The molecule has 2 saturated heterocycles. The number of hydrogen-bond acceptors (Lipinski definition) is 4. The predicted molar refractivity (Wildman–Crippen MR) is 78.1 cm³/mol. The van der Waals surface area contributed by atoms with E-state index in [1.807, 2.05) is 0 Å². The second-order valence-corrected chi connectivity index (χ2v) is 6.10. The highest BCUT2D eigenvalue weighted by atomic mass is 19.1. The minimum absolute atomic E-state index is 0.0841. The number of fused-ring (bicyclic) bond motifs is 2. The van der Waals surface area contributed by atoms with Crippen LogP contribution in [-0.2, 0) is 0 Å². The SMILES string of the molecule is CN(C(=O)c1ccc([N+](=O)[O-])cc1F)C1CC2CCC(C1)N2. The van der Waals surface area contributed by atoms with E-state index in [-0.39, 0.29) is 17.3 Å². The predicted octanol–water partition coefficient (Wildman–Crippen LogP) is 2.09. The highest BCUT2D eigenvalue weighted by Crippen LogP contribution is 2.30. The molecule has 2 heterocycles. The molecule has 2 aliphatic heterocycles. The number of nitrogens with one attached hydrogen (secondary N) is 1. The second kappa shape index (κ2) is 5.64. The van der Waals surface area contributed by atoms with E-state index in [4.69, 9.17) is 0 Å². The van der Waals surface area contributed by atoms with Gasteiger partial charge in [-0.05, 0) is 31.7 Å². The van der Waals surface area contributed by atoms with Crippen LogP contribution in [0.3, 0.4) is 0 Å². The van der Waals surface area contributed by atoms with Gasteiger partial charge >= 0.3 is 0 Å². The summed E-state index contributed by atoms with van der Waals surface area (Å²) >= 11 is 0. The zero-order valence-corrected chi connectivity index (χ0v) is 12.3. The summed E-state index contributed by atoms with van der Waals surface area (Å²) in [6.07, 6.45) is 3.98. The average Bonchev–Trinajstić information content (AvgIpc) is 2.84. The van der Waals surface area contributed by atoms with Gasteiger partial charge in [-0.2, -0.15) is 0 Å². The molecule has 3 rings (SSSR count). The molecule has 1 amide bonds. The fourth-order valence-corrected chi connectivity index (χ4v) is 3.49. The van der Waals surface area contributed by atoms with Gasteiger partial charge in [-0.1, -0.05) is 0 Å². The average molecular weight is 307 g/mol. The summed E-state index contributed by atoms with van der Waals surface area (Å²) in [7, 11) is 1.68. The van der Waals surface area contributed by atoms with Crippen molar-refractivity contribution in [2.24, 2.45) is 0 Å². The van der Waals surface area contributed by atoms with Gasteiger partial charge in [0.1, 0.15) is 5.82 Å². The van der Waals surface area contributed by atoms with Crippen molar-refractivity contribution in [2.75, 3.05) is 7.05 Å². The van der Waals surface area contributed by atoms with E-state index in [2.05, 4.69) is 5.32 Å². The molecule has 1 N–H and O–H groups in total. The topological polar surface area (TPSA) is 75.5 Å². The number of nitrogens with zero attached hydrogens (tertiary/aromatic N) is 2. The molecule has 7 heteroatoms. The fraction of sp³-hybridized carbons (Fsp3) is 0.533. The number of nitro benzene ring substituents is 1. The van der Waals surface area contributed by atoms with Crippen LogP contribution >= 0.6 is 0 Å². The number of amides is 1. The van der Waals surface area contributed by atoms with E-state index < -0.39 is 16.6 Å². The minimum Gasteiger partial charge on any atom is -0.339 e. The molecular formula is C15H18FN3O3. The summed E-state index contributed by atoms with van der Waals surface area (Å²) in [6, 6.07) is 4.10. The largest absolute Gasteiger partial charge is 0.339 e. The van der Waals surface area contributed by atoms with Crippen LogP contribution in [-0.4, -0.2) is 40.9 Å². The third kappa shape index (κ3) is 2.68. The van der Waals surface area contributed by atoms with Crippen molar-refractivity contribution in [2.45, 2.75) is 43.8 Å². The van der Waals surface area contributed by atoms with Gasteiger partial charge in [0.25, 0.3) is 11.6 Å². The first kappa shape index (κ1) is 14.9. The van der Waals surface area contributed by atoms with Crippen molar-refractivity contribution in [3.8, 4) is 0 Å². The Labute approximate surface area is 127 Å². The Bertz CT molecular complexity index is 610. The third-order valence-electron chi connectivity index (χ3n) is 4.71. The van der Waals surface area contributed by atoms with Crippen LogP contribution in [0.2, 0.25) is 0 Å². The van der Waals surface area contributed by atoms with E-state index in [0.29, 0.717) is 12.1 Å². The van der Waals surface area contributed by atoms with Crippen LogP contribution in [0.1, 0.15) is 36.0 Å². The maximum atomic E-state index is 14.0. The Morgan fingerprint density at radius 2 is 2.00 bits per heavy atom. The number of carbonyl (C=O) groups is 1. The maximum absolute atomic E-state index is 14.0. The second-order valence-electron chi connectivity index (χ2n) is 6.10. The molecule has 0 aromatic heterocycles. The first-order valence-electron chi connectivity index (χ1n) is 7.43. The van der Waals surface area contributed by atoms with E-state index in [0.717, 1.165) is 37.8 Å². The lowest BCUT2D eigenvalue weighted by atomic mass is 9.98. The molecule has 2 bridgehead atoms. The van der Waals surface area contributed by atoms with E-state index in [1.165, 1.54) is 6.07 Å². The normalized spacial score (nSPS) is 26.7. The van der Waals surface area contributed by atoms with Gasteiger partial charge in [-0.25, -0.2) is 4.39 Å². The summed E-state index contributed by atoms with van der Waals surface area (Å²) in [5.74, 6) is -1.26.